The molecule has 4 bridgehead atoms. The number of aromatic nitrogens is 3. The smallest absolute Gasteiger partial charge is 0.232 e. The van der Waals surface area contributed by atoms with Gasteiger partial charge < -0.3 is 0 Å². The number of nitrogens with zero attached hydrogens (tertiary/aromatic N) is 3. The van der Waals surface area contributed by atoms with Crippen LogP contribution in [-0.2, 0) is 11.3 Å². The summed E-state index contributed by atoms with van der Waals surface area (Å²) in [6, 6.07) is 0. The molecule has 0 aromatic carbocycles. The molecule has 1 N–H and O–H groups in total. The maximum Gasteiger partial charge on any atom is 0.232 e. The monoisotopic (exact) mass is 318 g/mol. The number of carbonyl (C=O) groups is 1. The van der Waals surface area contributed by atoms with Crippen molar-refractivity contribution in [1.29, 1.82) is 0 Å². The van der Waals surface area contributed by atoms with Gasteiger partial charge in [0, 0.05) is 12.3 Å². The highest BCUT2D eigenvalue weighted by Gasteiger charge is 2.54. The molecule has 1 aromatic rings. The first kappa shape index (κ1) is 13.4. The summed E-state index contributed by atoms with van der Waals surface area (Å²) in [6.45, 7) is 0.922. The first-order valence-electron chi connectivity index (χ1n) is 8.59. The van der Waals surface area contributed by atoms with Crippen LogP contribution in [0.5, 0.6) is 0 Å². The summed E-state index contributed by atoms with van der Waals surface area (Å²) in [5, 5.41) is 12.5. The van der Waals surface area contributed by atoms with Crippen LogP contribution in [0.25, 0.3) is 0 Å². The summed E-state index contributed by atoms with van der Waals surface area (Å²) >= 11 is 1.73. The fourth-order valence-electron chi connectivity index (χ4n) is 5.70. The normalized spacial score (nSPS) is 38.8. The molecule has 118 valence electrons. The molecule has 0 radical (unpaired) electrons. The third kappa shape index (κ3) is 1.95. The van der Waals surface area contributed by atoms with E-state index in [0.29, 0.717) is 5.95 Å². The van der Waals surface area contributed by atoms with Crippen LogP contribution in [0.15, 0.2) is 5.16 Å². The summed E-state index contributed by atoms with van der Waals surface area (Å²) in [5.74, 6) is 4.36. The minimum absolute atomic E-state index is 0.108. The maximum atomic E-state index is 13.1. The van der Waals surface area contributed by atoms with E-state index >= 15 is 0 Å². The van der Waals surface area contributed by atoms with Gasteiger partial charge in [-0.1, -0.05) is 11.8 Å². The third-order valence-corrected chi connectivity index (χ3v) is 7.27. The SMILES string of the molecule is O=C(Nc1nnc2n1CCCS2)C12CC3CC(CC(C3)C1)C2. The van der Waals surface area contributed by atoms with E-state index in [-0.39, 0.29) is 11.3 Å². The van der Waals surface area contributed by atoms with Crippen LogP contribution in [0.4, 0.5) is 5.95 Å². The van der Waals surface area contributed by atoms with Gasteiger partial charge in [0.1, 0.15) is 0 Å². The van der Waals surface area contributed by atoms with Gasteiger partial charge in [-0.15, -0.1) is 10.2 Å². The first-order chi connectivity index (χ1) is 10.7. The molecule has 1 aromatic heterocycles. The van der Waals surface area contributed by atoms with Crippen molar-refractivity contribution in [3.05, 3.63) is 0 Å². The van der Waals surface area contributed by atoms with Crippen molar-refractivity contribution in [3.63, 3.8) is 0 Å². The van der Waals surface area contributed by atoms with Gasteiger partial charge in [0.05, 0.1) is 5.41 Å². The molecule has 22 heavy (non-hydrogen) atoms. The zero-order chi connectivity index (χ0) is 14.7. The topological polar surface area (TPSA) is 59.8 Å². The summed E-state index contributed by atoms with van der Waals surface area (Å²) < 4.78 is 2.08. The zero-order valence-corrected chi connectivity index (χ0v) is 13.6. The number of rotatable bonds is 2. The van der Waals surface area contributed by atoms with Crippen molar-refractivity contribution >= 4 is 23.6 Å². The summed E-state index contributed by atoms with van der Waals surface area (Å²) in [7, 11) is 0. The number of thioether (sulfide) groups is 1. The molecule has 0 atom stereocenters. The van der Waals surface area contributed by atoms with Crippen molar-refractivity contribution in [2.24, 2.45) is 23.2 Å². The number of anilines is 1. The van der Waals surface area contributed by atoms with Gasteiger partial charge in [-0.2, -0.15) is 0 Å². The predicted octanol–water partition coefficient (Wildman–Crippen LogP) is 2.93. The summed E-state index contributed by atoms with van der Waals surface area (Å²) in [4.78, 5) is 13.1. The van der Waals surface area contributed by atoms with Crippen LogP contribution in [-0.4, -0.2) is 26.4 Å². The van der Waals surface area contributed by atoms with Crippen LogP contribution in [0.1, 0.15) is 44.9 Å². The van der Waals surface area contributed by atoms with Crippen molar-refractivity contribution in [2.45, 2.75) is 56.6 Å². The lowest BCUT2D eigenvalue weighted by Gasteiger charge is -2.55. The second-order valence-electron chi connectivity index (χ2n) is 7.81. The van der Waals surface area contributed by atoms with Gasteiger partial charge in [-0.25, -0.2) is 0 Å². The molecular formula is C16H22N4OS. The van der Waals surface area contributed by atoms with Gasteiger partial charge in [0.25, 0.3) is 0 Å². The van der Waals surface area contributed by atoms with E-state index in [1.54, 1.807) is 11.8 Å². The summed E-state index contributed by atoms with van der Waals surface area (Å²) in [6.07, 6.45) is 8.51. The molecule has 4 aliphatic carbocycles. The quantitative estimate of drug-likeness (QED) is 0.911. The standard InChI is InChI=1S/C16H22N4OS/c21-13(17-14-18-19-15-20(14)2-1-3-22-15)16-7-10-4-11(8-16)6-12(5-10)9-16/h10-12H,1-9H2,(H,17,18,21). The van der Waals surface area contributed by atoms with Crippen LogP contribution in [0, 0.1) is 23.2 Å². The number of amides is 1. The first-order valence-corrected chi connectivity index (χ1v) is 9.58. The largest absolute Gasteiger partial charge is 0.294 e. The van der Waals surface area contributed by atoms with Gasteiger partial charge >= 0.3 is 0 Å². The van der Waals surface area contributed by atoms with Crippen molar-refractivity contribution in [2.75, 3.05) is 11.1 Å². The molecule has 6 rings (SSSR count). The van der Waals surface area contributed by atoms with Gasteiger partial charge in [0.15, 0.2) is 5.16 Å². The molecule has 0 spiro atoms. The Hall–Kier alpha value is -1.04. The Balaban J connectivity index is 1.40. The molecular weight excluding hydrogens is 296 g/mol. The van der Waals surface area contributed by atoms with Crippen LogP contribution in [0.2, 0.25) is 0 Å². The fraction of sp³-hybridized carbons (Fsp3) is 0.812. The Labute approximate surface area is 134 Å². The molecule has 6 heteroatoms. The molecule has 5 aliphatic rings. The van der Waals surface area contributed by atoms with Crippen molar-refractivity contribution in [1.82, 2.24) is 14.8 Å². The lowest BCUT2D eigenvalue weighted by Crippen LogP contribution is -2.52. The average Bonchev–Trinajstić information content (AvgIpc) is 2.89. The number of hydrogen-bond donors (Lipinski definition) is 1. The fourth-order valence-corrected chi connectivity index (χ4v) is 6.59. The summed E-state index contributed by atoms with van der Waals surface area (Å²) in [5.41, 5.74) is -0.108. The Morgan fingerprint density at radius 2 is 1.82 bits per heavy atom. The second-order valence-corrected chi connectivity index (χ2v) is 8.87. The Bertz CT molecular complexity index is 590. The third-order valence-electron chi connectivity index (χ3n) is 6.22. The Morgan fingerprint density at radius 1 is 1.14 bits per heavy atom. The van der Waals surface area contributed by atoms with E-state index in [2.05, 4.69) is 20.1 Å². The number of carbonyl (C=O) groups excluding carboxylic acids is 1. The second kappa shape index (κ2) is 4.73. The molecule has 4 saturated carbocycles. The minimum Gasteiger partial charge on any atom is -0.294 e. The van der Waals surface area contributed by atoms with Crippen molar-refractivity contribution < 1.29 is 4.79 Å². The molecule has 1 aliphatic heterocycles. The molecule has 0 saturated heterocycles. The van der Waals surface area contributed by atoms with Gasteiger partial charge in [-0.3, -0.25) is 14.7 Å². The van der Waals surface area contributed by atoms with E-state index in [1.807, 2.05) is 0 Å². The molecule has 1 amide bonds. The van der Waals surface area contributed by atoms with E-state index in [4.69, 9.17) is 0 Å². The number of fused-ring (bicyclic) bond motifs is 1. The number of nitrogens with one attached hydrogen (secondary N) is 1. The van der Waals surface area contributed by atoms with E-state index in [0.717, 1.165) is 60.9 Å². The van der Waals surface area contributed by atoms with Crippen LogP contribution in [0.3, 0.4) is 0 Å². The number of hydrogen-bond acceptors (Lipinski definition) is 4. The zero-order valence-electron chi connectivity index (χ0n) is 12.8. The minimum atomic E-state index is -0.108. The van der Waals surface area contributed by atoms with Gasteiger partial charge in [0.2, 0.25) is 11.9 Å². The maximum absolute atomic E-state index is 13.1. The lowest BCUT2D eigenvalue weighted by atomic mass is 9.49. The molecule has 5 nitrogen and oxygen atoms in total. The van der Waals surface area contributed by atoms with Crippen molar-refractivity contribution in [3.8, 4) is 0 Å². The lowest BCUT2D eigenvalue weighted by molar-refractivity contribution is -0.140. The highest BCUT2D eigenvalue weighted by molar-refractivity contribution is 7.99. The highest BCUT2D eigenvalue weighted by Crippen LogP contribution is 2.60. The van der Waals surface area contributed by atoms with Crippen LogP contribution < -0.4 is 5.32 Å². The van der Waals surface area contributed by atoms with E-state index < -0.39 is 0 Å². The van der Waals surface area contributed by atoms with Crippen LogP contribution >= 0.6 is 11.8 Å². The molecule has 2 heterocycles. The average molecular weight is 318 g/mol. The molecule has 0 unspecified atom stereocenters. The Morgan fingerprint density at radius 3 is 2.50 bits per heavy atom. The highest BCUT2D eigenvalue weighted by atomic mass is 32.2. The van der Waals surface area contributed by atoms with E-state index in [1.165, 1.54) is 19.3 Å². The Kier molecular flexibility index (Phi) is 2.88. The van der Waals surface area contributed by atoms with Gasteiger partial charge in [-0.05, 0) is 62.7 Å². The van der Waals surface area contributed by atoms with E-state index in [9.17, 15) is 4.79 Å². The predicted molar refractivity (Wildman–Crippen MR) is 84.6 cm³/mol. The molecule has 4 fully saturated rings.